The molecule has 1 N–H and O–H groups in total. The molecule has 0 aromatic heterocycles. The highest BCUT2D eigenvalue weighted by atomic mass is 35.5. The SMILES string of the molecule is CCc1ccc(CNCC2Cc3cc(Cl)ccc3O2)cc1. The van der Waals surface area contributed by atoms with Crippen molar-refractivity contribution in [3.8, 4) is 5.75 Å². The number of hydrogen-bond donors (Lipinski definition) is 1. The van der Waals surface area contributed by atoms with Gasteiger partial charge in [-0.25, -0.2) is 0 Å². The quantitative estimate of drug-likeness (QED) is 0.901. The van der Waals surface area contributed by atoms with Crippen molar-refractivity contribution in [2.24, 2.45) is 0 Å². The van der Waals surface area contributed by atoms with Crippen LogP contribution in [0.4, 0.5) is 0 Å². The third kappa shape index (κ3) is 3.58. The Morgan fingerprint density at radius 3 is 2.67 bits per heavy atom. The van der Waals surface area contributed by atoms with E-state index in [4.69, 9.17) is 16.3 Å². The molecule has 1 unspecified atom stereocenters. The third-order valence-corrected chi connectivity index (χ3v) is 4.13. The van der Waals surface area contributed by atoms with Crippen LogP contribution in [0.2, 0.25) is 5.02 Å². The largest absolute Gasteiger partial charge is 0.488 e. The summed E-state index contributed by atoms with van der Waals surface area (Å²) in [5, 5.41) is 4.25. The van der Waals surface area contributed by atoms with Crippen molar-refractivity contribution in [2.45, 2.75) is 32.4 Å². The molecule has 1 aliphatic heterocycles. The molecule has 2 nitrogen and oxygen atoms in total. The lowest BCUT2D eigenvalue weighted by Gasteiger charge is -2.12. The number of halogens is 1. The van der Waals surface area contributed by atoms with Gasteiger partial charge in [-0.3, -0.25) is 0 Å². The highest BCUT2D eigenvalue weighted by Gasteiger charge is 2.22. The van der Waals surface area contributed by atoms with Gasteiger partial charge < -0.3 is 10.1 Å². The zero-order chi connectivity index (χ0) is 14.7. The Hall–Kier alpha value is -1.51. The third-order valence-electron chi connectivity index (χ3n) is 3.90. The van der Waals surface area contributed by atoms with Crippen LogP contribution in [0.3, 0.4) is 0 Å². The second-order valence-electron chi connectivity index (χ2n) is 5.50. The van der Waals surface area contributed by atoms with Crippen molar-refractivity contribution in [1.29, 1.82) is 0 Å². The minimum Gasteiger partial charge on any atom is -0.488 e. The lowest BCUT2D eigenvalue weighted by Crippen LogP contribution is -2.29. The van der Waals surface area contributed by atoms with Gasteiger partial charge in [0.1, 0.15) is 11.9 Å². The first-order valence-electron chi connectivity index (χ1n) is 7.48. The molecule has 0 bridgehead atoms. The monoisotopic (exact) mass is 301 g/mol. The summed E-state index contributed by atoms with van der Waals surface area (Å²) in [7, 11) is 0. The maximum absolute atomic E-state index is 6.01. The molecule has 0 fully saturated rings. The molecule has 3 rings (SSSR count). The first-order chi connectivity index (χ1) is 10.2. The first kappa shape index (κ1) is 14.4. The van der Waals surface area contributed by atoms with Crippen molar-refractivity contribution in [3.63, 3.8) is 0 Å². The fraction of sp³-hybridized carbons (Fsp3) is 0.333. The van der Waals surface area contributed by atoms with E-state index in [1.54, 1.807) is 0 Å². The molecule has 0 aliphatic carbocycles. The van der Waals surface area contributed by atoms with Crippen molar-refractivity contribution < 1.29 is 4.74 Å². The van der Waals surface area contributed by atoms with E-state index in [0.717, 1.165) is 36.7 Å². The van der Waals surface area contributed by atoms with Gasteiger partial charge in [0, 0.05) is 24.5 Å². The Kier molecular flexibility index (Phi) is 4.47. The molecule has 0 radical (unpaired) electrons. The zero-order valence-electron chi connectivity index (χ0n) is 12.2. The molecular formula is C18H20ClNO. The fourth-order valence-corrected chi connectivity index (χ4v) is 2.87. The molecule has 1 atom stereocenters. The Morgan fingerprint density at radius 2 is 1.90 bits per heavy atom. The Labute approximate surface area is 131 Å². The van der Waals surface area contributed by atoms with E-state index in [2.05, 4.69) is 36.5 Å². The summed E-state index contributed by atoms with van der Waals surface area (Å²) in [5.74, 6) is 0.971. The number of ether oxygens (including phenoxy) is 1. The van der Waals surface area contributed by atoms with E-state index < -0.39 is 0 Å². The maximum Gasteiger partial charge on any atom is 0.123 e. The Balaban J connectivity index is 1.48. The van der Waals surface area contributed by atoms with Gasteiger partial charge in [-0.05, 0) is 41.3 Å². The first-order valence-corrected chi connectivity index (χ1v) is 7.86. The lowest BCUT2D eigenvalue weighted by atomic mass is 10.1. The van der Waals surface area contributed by atoms with Crippen LogP contribution in [-0.2, 0) is 19.4 Å². The average molecular weight is 302 g/mol. The second kappa shape index (κ2) is 6.50. The summed E-state index contributed by atoms with van der Waals surface area (Å²) in [6.07, 6.45) is 2.22. The summed E-state index contributed by atoms with van der Waals surface area (Å²) >= 11 is 6.01. The predicted molar refractivity (Wildman–Crippen MR) is 87.1 cm³/mol. The molecule has 1 aliphatic rings. The Morgan fingerprint density at radius 1 is 1.14 bits per heavy atom. The van der Waals surface area contributed by atoms with Crippen molar-refractivity contribution >= 4 is 11.6 Å². The predicted octanol–water partition coefficient (Wildman–Crippen LogP) is 4.00. The van der Waals surface area contributed by atoms with E-state index in [1.165, 1.54) is 16.7 Å². The molecule has 0 spiro atoms. The van der Waals surface area contributed by atoms with Crippen molar-refractivity contribution in [2.75, 3.05) is 6.54 Å². The molecule has 2 aromatic carbocycles. The number of rotatable bonds is 5. The summed E-state index contributed by atoms with van der Waals surface area (Å²) in [6, 6.07) is 14.6. The molecule has 2 aromatic rings. The summed E-state index contributed by atoms with van der Waals surface area (Å²) < 4.78 is 5.92. The maximum atomic E-state index is 6.01. The average Bonchev–Trinajstić information content (AvgIpc) is 2.89. The number of fused-ring (bicyclic) bond motifs is 1. The molecule has 3 heteroatoms. The molecule has 0 saturated carbocycles. The van der Waals surface area contributed by atoms with Crippen molar-refractivity contribution in [3.05, 3.63) is 64.2 Å². The number of nitrogens with one attached hydrogen (secondary N) is 1. The molecule has 21 heavy (non-hydrogen) atoms. The zero-order valence-corrected chi connectivity index (χ0v) is 13.0. The highest BCUT2D eigenvalue weighted by Crippen LogP contribution is 2.30. The lowest BCUT2D eigenvalue weighted by molar-refractivity contribution is 0.227. The van der Waals surface area contributed by atoms with Crippen LogP contribution in [0.25, 0.3) is 0 Å². The van der Waals surface area contributed by atoms with Crippen LogP contribution in [0.1, 0.15) is 23.6 Å². The number of benzene rings is 2. The van der Waals surface area contributed by atoms with Crippen LogP contribution in [-0.4, -0.2) is 12.6 Å². The standard InChI is InChI=1S/C18H20ClNO/c1-2-13-3-5-14(6-4-13)11-20-12-17-10-15-9-16(19)7-8-18(15)21-17/h3-9,17,20H,2,10-12H2,1H3. The minimum absolute atomic E-state index is 0.202. The van der Waals surface area contributed by atoms with Gasteiger partial charge in [-0.15, -0.1) is 0 Å². The molecule has 0 amide bonds. The van der Waals surface area contributed by atoms with Crippen LogP contribution < -0.4 is 10.1 Å². The Bertz CT molecular complexity index is 609. The fourth-order valence-electron chi connectivity index (χ4n) is 2.67. The second-order valence-corrected chi connectivity index (χ2v) is 5.93. The van der Waals surface area contributed by atoms with E-state index in [-0.39, 0.29) is 6.10 Å². The van der Waals surface area contributed by atoms with E-state index >= 15 is 0 Å². The van der Waals surface area contributed by atoms with Crippen LogP contribution in [0.15, 0.2) is 42.5 Å². The highest BCUT2D eigenvalue weighted by molar-refractivity contribution is 6.30. The molecule has 1 heterocycles. The van der Waals surface area contributed by atoms with Gasteiger partial charge in [0.2, 0.25) is 0 Å². The van der Waals surface area contributed by atoms with Crippen LogP contribution in [0, 0.1) is 0 Å². The minimum atomic E-state index is 0.202. The number of hydrogen-bond acceptors (Lipinski definition) is 2. The summed E-state index contributed by atoms with van der Waals surface area (Å²) in [5.41, 5.74) is 3.90. The van der Waals surface area contributed by atoms with Gasteiger partial charge >= 0.3 is 0 Å². The van der Waals surface area contributed by atoms with E-state index in [1.807, 2.05) is 18.2 Å². The van der Waals surface area contributed by atoms with Gasteiger partial charge in [-0.1, -0.05) is 42.8 Å². The van der Waals surface area contributed by atoms with Crippen LogP contribution in [0.5, 0.6) is 5.75 Å². The van der Waals surface area contributed by atoms with E-state index in [9.17, 15) is 0 Å². The van der Waals surface area contributed by atoms with Gasteiger partial charge in [0.15, 0.2) is 0 Å². The topological polar surface area (TPSA) is 21.3 Å². The van der Waals surface area contributed by atoms with Crippen LogP contribution >= 0.6 is 11.6 Å². The molecule has 110 valence electrons. The molecule has 0 saturated heterocycles. The van der Waals surface area contributed by atoms with Gasteiger partial charge in [-0.2, -0.15) is 0 Å². The van der Waals surface area contributed by atoms with Gasteiger partial charge in [0.05, 0.1) is 0 Å². The van der Waals surface area contributed by atoms with E-state index in [0.29, 0.717) is 0 Å². The summed E-state index contributed by atoms with van der Waals surface area (Å²) in [4.78, 5) is 0. The smallest absolute Gasteiger partial charge is 0.123 e. The van der Waals surface area contributed by atoms with Crippen molar-refractivity contribution in [1.82, 2.24) is 5.32 Å². The molecular weight excluding hydrogens is 282 g/mol. The summed E-state index contributed by atoms with van der Waals surface area (Å²) in [6.45, 7) is 3.90. The van der Waals surface area contributed by atoms with Gasteiger partial charge in [0.25, 0.3) is 0 Å². The number of aryl methyl sites for hydroxylation is 1. The normalized spacial score (nSPS) is 16.6.